The Balaban J connectivity index is 0.721. The van der Waals surface area contributed by atoms with Crippen LogP contribution in [-0.2, 0) is 21.7 Å². The van der Waals surface area contributed by atoms with Crippen molar-refractivity contribution in [3.63, 3.8) is 0 Å². The second-order valence-corrected chi connectivity index (χ2v) is 44.6. The summed E-state index contributed by atoms with van der Waals surface area (Å²) in [6, 6.07) is 140. The van der Waals surface area contributed by atoms with Gasteiger partial charge in [-0.25, -0.2) is 0 Å². The van der Waals surface area contributed by atoms with Gasteiger partial charge in [-0.1, -0.05) is 358 Å². The summed E-state index contributed by atoms with van der Waals surface area (Å²) in [4.78, 5) is 11.2. The van der Waals surface area contributed by atoms with Crippen LogP contribution in [0.1, 0.15) is 180 Å². The number of hydrogen-bond donors (Lipinski definition) is 0. The van der Waals surface area contributed by atoms with Crippen LogP contribution in [0.4, 0.5) is 45.5 Å². The second-order valence-electron chi connectivity index (χ2n) is 44.6. The summed E-state index contributed by atoms with van der Waals surface area (Å²) in [6.45, 7) is 21.0. The molecule has 4 nitrogen and oxygen atoms in total. The minimum Gasteiger partial charge on any atom is -0.334 e. The van der Waals surface area contributed by atoms with Gasteiger partial charge in [0.25, 0.3) is 0 Å². The molecule has 4 saturated carbocycles. The molecule has 0 radical (unpaired) electrons. The van der Waals surface area contributed by atoms with Crippen molar-refractivity contribution in [2.75, 3.05) is 19.6 Å². The van der Waals surface area contributed by atoms with Gasteiger partial charge in [-0.15, -0.1) is 0 Å². The zero-order chi connectivity index (χ0) is 92.0. The third-order valence-corrected chi connectivity index (χ3v) is 38.7. The second kappa shape index (κ2) is 28.8. The smallest absolute Gasteiger partial charge is 0.0518 e. The van der Waals surface area contributed by atoms with Gasteiger partial charge in [0.1, 0.15) is 0 Å². The summed E-state index contributed by atoms with van der Waals surface area (Å²) in [5.74, 6) is 0. The van der Waals surface area contributed by atoms with Crippen LogP contribution in [0.25, 0.3) is 174 Å². The summed E-state index contributed by atoms with van der Waals surface area (Å²) in [7, 11) is 0. The molecule has 29 rings (SSSR count). The number of hydrogen-bond acceptors (Lipinski definition) is 4. The fraction of sp³-hybridized carbons (Fsp3) is 0.239. The Morgan fingerprint density at radius 1 is 0.167 bits per heavy atom. The first-order valence-electron chi connectivity index (χ1n) is 51.7. The van der Waals surface area contributed by atoms with Crippen LogP contribution in [0.3, 0.4) is 0 Å². The highest BCUT2D eigenvalue weighted by atomic mass is 15.3. The van der Waals surface area contributed by atoms with Crippen molar-refractivity contribution in [3.05, 3.63) is 374 Å². The first kappa shape index (κ1) is 81.1. The number of benzene rings is 19. The highest BCUT2D eigenvalue weighted by Crippen LogP contribution is 2.70. The fourth-order valence-electron chi connectivity index (χ4n) is 31.1. The maximum absolute atomic E-state index is 2.81. The van der Waals surface area contributed by atoms with Crippen LogP contribution >= 0.6 is 0 Å². The van der Waals surface area contributed by atoms with Crippen LogP contribution in [0.15, 0.2) is 352 Å². The molecule has 4 heterocycles. The van der Waals surface area contributed by atoms with E-state index in [1.807, 2.05) is 0 Å². The molecule has 0 saturated heterocycles. The normalized spacial score (nSPS) is 24.2. The standard InChI is InChI=1S/C134H114N4/c1-127-71-23-27-75-131(127,5)135(109-51-31-43-83-35-15-19-47-93(83)109)113-67-55-89(79-105(113)127)97-59-63-101-121-102(64-60-98(119(97)121)90-56-68-114-106(80-90)128(2)72-24-28-76-132(128,6)136(114)110-52-32-44-84-36-16-20-48-94(84)110)124-118(88-41-13-10-14-42-88)126-104-66-62-100(92-58-70-116-108(82-92)130(4)74-26-30-78-134(130,8)138(116)112-54-34-46-86-38-18-22-50-96(86)112)120-99(61-65-103(122(104)120)125(126)117(123(101)124)87-39-11-9-12-40-87)91-57-69-115-107(81-91)129(3)73-25-29-77-133(129,7)137(115)111-53-33-45-85-37-17-21-49-95(85)111/h9-22,31-70,79-82H,23-30,71-78H2,1-8H3. The molecule has 4 aliphatic carbocycles. The lowest BCUT2D eigenvalue weighted by Gasteiger charge is -2.50. The molecular formula is C134H114N4. The number of rotatable bonds is 10. The molecule has 0 bridgehead atoms. The van der Waals surface area contributed by atoms with Crippen molar-refractivity contribution in [2.24, 2.45) is 0 Å². The van der Waals surface area contributed by atoms with Gasteiger partial charge in [-0.05, 0) is 327 Å². The Morgan fingerprint density at radius 3 is 0.645 bits per heavy atom. The van der Waals surface area contributed by atoms with E-state index in [0.717, 1.165) is 51.4 Å². The molecule has 4 heteroatoms. The molecular weight excluding hydrogens is 1670 g/mol. The minimum atomic E-state index is -0.161. The van der Waals surface area contributed by atoms with Gasteiger partial charge < -0.3 is 19.6 Å². The van der Waals surface area contributed by atoms with Gasteiger partial charge >= 0.3 is 0 Å². The molecule has 21 aromatic rings. The molecule has 4 fully saturated rings. The van der Waals surface area contributed by atoms with Gasteiger partial charge in [-0.3, -0.25) is 0 Å². The average molecular weight is 1780 g/mol. The quantitative estimate of drug-likeness (QED) is 0.135. The van der Waals surface area contributed by atoms with Crippen molar-refractivity contribution in [1.82, 2.24) is 0 Å². The molecule has 8 atom stereocenters. The predicted octanol–water partition coefficient (Wildman–Crippen LogP) is 37.1. The van der Waals surface area contributed by atoms with Gasteiger partial charge in [0.05, 0.1) is 22.2 Å². The van der Waals surface area contributed by atoms with E-state index in [-0.39, 0.29) is 43.8 Å². The Morgan fingerprint density at radius 2 is 0.391 bits per heavy atom. The highest BCUT2D eigenvalue weighted by Gasteiger charge is 2.63. The topological polar surface area (TPSA) is 13.0 Å². The average Bonchev–Trinajstić information content (AvgIpc) is 1.49. The molecule has 8 aliphatic rings. The summed E-state index contributed by atoms with van der Waals surface area (Å²) >= 11 is 0. The van der Waals surface area contributed by atoms with Crippen molar-refractivity contribution >= 4 is 153 Å². The summed E-state index contributed by atoms with van der Waals surface area (Å²) in [5, 5.41) is 26.2. The van der Waals surface area contributed by atoms with E-state index in [2.05, 4.69) is 427 Å². The van der Waals surface area contributed by atoms with Crippen LogP contribution in [0, 0.1) is 0 Å². The lowest BCUT2D eigenvalue weighted by Crippen LogP contribution is -2.54. The van der Waals surface area contributed by atoms with Crippen LogP contribution in [-0.4, -0.2) is 22.2 Å². The largest absolute Gasteiger partial charge is 0.334 e. The monoisotopic (exact) mass is 1780 g/mol. The van der Waals surface area contributed by atoms with E-state index in [1.165, 1.54) is 294 Å². The molecule has 0 spiro atoms. The minimum absolute atomic E-state index is 0.135. The molecule has 0 N–H and O–H groups in total. The molecule has 0 aromatic heterocycles. The Kier molecular flexibility index (Phi) is 16.9. The molecule has 670 valence electrons. The van der Waals surface area contributed by atoms with E-state index in [1.54, 1.807) is 0 Å². The first-order valence-corrected chi connectivity index (χ1v) is 51.7. The first-order chi connectivity index (χ1) is 67.4. The van der Waals surface area contributed by atoms with Crippen molar-refractivity contribution in [2.45, 2.75) is 202 Å². The van der Waals surface area contributed by atoms with Crippen LogP contribution in [0.2, 0.25) is 0 Å². The van der Waals surface area contributed by atoms with Crippen LogP contribution in [0.5, 0.6) is 0 Å². The van der Waals surface area contributed by atoms with Crippen molar-refractivity contribution in [1.29, 1.82) is 0 Å². The van der Waals surface area contributed by atoms with Gasteiger partial charge in [0.15, 0.2) is 0 Å². The fourth-order valence-corrected chi connectivity index (χ4v) is 31.1. The van der Waals surface area contributed by atoms with Crippen LogP contribution < -0.4 is 19.6 Å². The maximum atomic E-state index is 2.81. The van der Waals surface area contributed by atoms with Crippen molar-refractivity contribution in [3.8, 4) is 66.8 Å². The van der Waals surface area contributed by atoms with E-state index < -0.39 is 0 Å². The van der Waals surface area contributed by atoms with Gasteiger partial charge in [0, 0.05) is 88.7 Å². The third kappa shape index (κ3) is 10.4. The molecule has 138 heavy (non-hydrogen) atoms. The zero-order valence-electron chi connectivity index (χ0n) is 80.6. The lowest BCUT2D eigenvalue weighted by molar-refractivity contribution is 0.195. The lowest BCUT2D eigenvalue weighted by atomic mass is 9.61. The third-order valence-electron chi connectivity index (χ3n) is 38.7. The van der Waals surface area contributed by atoms with Gasteiger partial charge in [0.2, 0.25) is 0 Å². The SMILES string of the molecule is CC12CCCCC1(C)N(c1cccc3ccccc13)c1ccc(-c3ccc4c5c(-c6ccccc6)c6c7ccc(-c8ccc9c(c8)C8(C)CCCCC8(C)N9c8cccc9ccccc89)c8c(-c9ccc%10c(c9)C9(C)CCCCC9(C)N%10c9cccc%10ccccc9%10)ccc(c6c(-c6ccccc6)c5c5ccc(-c6ccc9c(c6)C6(C)CCCCC6(C)N9c6cccc9ccccc69)c3c45)c87)cc12. The van der Waals surface area contributed by atoms with E-state index in [4.69, 9.17) is 0 Å². The summed E-state index contributed by atoms with van der Waals surface area (Å²) in [6.07, 6.45) is 18.6. The zero-order valence-corrected chi connectivity index (χ0v) is 80.6. The molecule has 21 aromatic carbocycles. The highest BCUT2D eigenvalue weighted by molar-refractivity contribution is 6.48. The number of fused-ring (bicyclic) bond motifs is 22. The summed E-state index contributed by atoms with van der Waals surface area (Å²) in [5.41, 5.74) is 30.6. The van der Waals surface area contributed by atoms with E-state index >= 15 is 0 Å². The Bertz CT molecular complexity index is 7820. The predicted molar refractivity (Wildman–Crippen MR) is 588 cm³/mol. The maximum Gasteiger partial charge on any atom is 0.0518 e. The Labute approximate surface area is 809 Å². The van der Waals surface area contributed by atoms with Gasteiger partial charge in [-0.2, -0.15) is 0 Å². The molecule has 4 aliphatic heterocycles. The molecule has 0 amide bonds. The Hall–Kier alpha value is -14.1. The number of nitrogens with zero attached hydrogens (tertiary/aromatic N) is 4. The molecule has 8 unspecified atom stereocenters. The van der Waals surface area contributed by atoms with E-state index in [0.29, 0.717) is 0 Å². The summed E-state index contributed by atoms with van der Waals surface area (Å²) < 4.78 is 0. The van der Waals surface area contributed by atoms with E-state index in [9.17, 15) is 0 Å². The number of anilines is 8. The van der Waals surface area contributed by atoms with Crippen molar-refractivity contribution < 1.29 is 0 Å².